The minimum Gasteiger partial charge on any atom is -0.353 e. The third kappa shape index (κ3) is 4.68. The quantitative estimate of drug-likeness (QED) is 0.748. The van der Waals surface area contributed by atoms with Gasteiger partial charge in [-0.2, -0.15) is 0 Å². The standard InChI is InChI=1S/C14H21NS2/c1-11(2)15(12(3)4)14(16)17-10-13-8-6-5-7-9-13/h5-9,11-12H,10H2,1-4H3. The van der Waals surface area contributed by atoms with Gasteiger partial charge in [-0.1, -0.05) is 54.3 Å². The Hall–Kier alpha value is -0.540. The highest BCUT2D eigenvalue weighted by Gasteiger charge is 2.16. The Kier molecular flexibility index (Phi) is 6.00. The summed E-state index contributed by atoms with van der Waals surface area (Å²) >= 11 is 7.27. The maximum absolute atomic E-state index is 5.52. The summed E-state index contributed by atoms with van der Waals surface area (Å²) in [7, 11) is 0. The first-order chi connectivity index (χ1) is 8.02. The maximum atomic E-state index is 5.52. The molecule has 94 valence electrons. The van der Waals surface area contributed by atoms with E-state index in [1.807, 2.05) is 6.07 Å². The van der Waals surface area contributed by atoms with Crippen molar-refractivity contribution in [3.8, 4) is 0 Å². The van der Waals surface area contributed by atoms with Crippen molar-refractivity contribution in [2.75, 3.05) is 0 Å². The Morgan fingerprint density at radius 2 is 1.65 bits per heavy atom. The number of rotatable bonds is 4. The van der Waals surface area contributed by atoms with Gasteiger partial charge in [-0.05, 0) is 33.3 Å². The van der Waals surface area contributed by atoms with Gasteiger partial charge >= 0.3 is 0 Å². The van der Waals surface area contributed by atoms with Gasteiger partial charge in [0, 0.05) is 17.8 Å². The molecule has 0 aliphatic heterocycles. The first kappa shape index (κ1) is 14.5. The van der Waals surface area contributed by atoms with Crippen LogP contribution in [-0.4, -0.2) is 21.3 Å². The zero-order valence-corrected chi connectivity index (χ0v) is 12.6. The molecule has 0 bridgehead atoms. The largest absolute Gasteiger partial charge is 0.353 e. The monoisotopic (exact) mass is 267 g/mol. The van der Waals surface area contributed by atoms with Gasteiger partial charge in [0.15, 0.2) is 0 Å². The van der Waals surface area contributed by atoms with Crippen LogP contribution < -0.4 is 0 Å². The molecule has 0 amide bonds. The van der Waals surface area contributed by atoms with Crippen molar-refractivity contribution in [2.24, 2.45) is 0 Å². The fourth-order valence-electron chi connectivity index (χ4n) is 1.81. The van der Waals surface area contributed by atoms with Crippen molar-refractivity contribution < 1.29 is 0 Å². The van der Waals surface area contributed by atoms with Crippen molar-refractivity contribution in [1.82, 2.24) is 4.90 Å². The first-order valence-corrected chi connectivity index (χ1v) is 7.40. The van der Waals surface area contributed by atoms with Crippen LogP contribution in [0.5, 0.6) is 0 Å². The highest BCUT2D eigenvalue weighted by Crippen LogP contribution is 2.20. The Labute approximate surface area is 115 Å². The Morgan fingerprint density at radius 1 is 1.12 bits per heavy atom. The van der Waals surface area contributed by atoms with Gasteiger partial charge in [0.05, 0.1) is 0 Å². The molecule has 3 heteroatoms. The summed E-state index contributed by atoms with van der Waals surface area (Å²) in [4.78, 5) is 2.29. The van der Waals surface area contributed by atoms with Crippen LogP contribution in [0.4, 0.5) is 0 Å². The summed E-state index contributed by atoms with van der Waals surface area (Å²) in [6.45, 7) is 8.76. The molecule has 0 aliphatic rings. The molecule has 1 aromatic carbocycles. The van der Waals surface area contributed by atoms with Crippen molar-refractivity contribution in [3.05, 3.63) is 35.9 Å². The van der Waals surface area contributed by atoms with Gasteiger partial charge in [0.1, 0.15) is 4.32 Å². The van der Waals surface area contributed by atoms with E-state index in [2.05, 4.69) is 56.9 Å². The minimum atomic E-state index is 0.464. The van der Waals surface area contributed by atoms with Crippen LogP contribution in [0.3, 0.4) is 0 Å². The third-order valence-electron chi connectivity index (χ3n) is 2.53. The van der Waals surface area contributed by atoms with E-state index in [9.17, 15) is 0 Å². The molecule has 0 saturated heterocycles. The van der Waals surface area contributed by atoms with E-state index in [0.717, 1.165) is 10.1 Å². The Morgan fingerprint density at radius 3 is 2.12 bits per heavy atom. The normalized spacial score (nSPS) is 10.9. The maximum Gasteiger partial charge on any atom is 0.137 e. The molecule has 17 heavy (non-hydrogen) atoms. The van der Waals surface area contributed by atoms with Crippen LogP contribution in [0.25, 0.3) is 0 Å². The molecule has 0 aromatic heterocycles. The van der Waals surface area contributed by atoms with E-state index in [-0.39, 0.29) is 0 Å². The molecule has 0 fully saturated rings. The molecule has 0 saturated carbocycles. The van der Waals surface area contributed by atoms with E-state index in [4.69, 9.17) is 12.2 Å². The molecule has 0 radical (unpaired) electrons. The molecule has 0 spiro atoms. The van der Waals surface area contributed by atoms with Gasteiger partial charge in [-0.25, -0.2) is 0 Å². The molecular formula is C14H21NS2. The zero-order valence-electron chi connectivity index (χ0n) is 11.0. The second kappa shape index (κ2) is 7.02. The van der Waals surface area contributed by atoms with Crippen LogP contribution in [0.1, 0.15) is 33.3 Å². The van der Waals surface area contributed by atoms with Gasteiger partial charge in [0.25, 0.3) is 0 Å². The SMILES string of the molecule is CC(C)N(C(=S)SCc1ccccc1)C(C)C. The zero-order chi connectivity index (χ0) is 12.8. The molecule has 0 N–H and O–H groups in total. The summed E-state index contributed by atoms with van der Waals surface area (Å²) in [5, 5.41) is 0. The first-order valence-electron chi connectivity index (χ1n) is 6.01. The molecule has 0 unspecified atom stereocenters. The molecular weight excluding hydrogens is 246 g/mol. The summed E-state index contributed by atoms with van der Waals surface area (Å²) in [6.07, 6.45) is 0. The van der Waals surface area contributed by atoms with E-state index >= 15 is 0 Å². The average Bonchev–Trinajstić information content (AvgIpc) is 2.27. The summed E-state index contributed by atoms with van der Waals surface area (Å²) in [5.41, 5.74) is 1.33. The molecule has 1 rings (SSSR count). The van der Waals surface area contributed by atoms with Crippen molar-refractivity contribution in [3.63, 3.8) is 0 Å². The molecule has 0 atom stereocenters. The van der Waals surface area contributed by atoms with Crippen molar-refractivity contribution in [1.29, 1.82) is 0 Å². The molecule has 1 nitrogen and oxygen atoms in total. The number of benzene rings is 1. The third-order valence-corrected chi connectivity index (χ3v) is 4.03. The summed E-state index contributed by atoms with van der Waals surface area (Å²) < 4.78 is 0.999. The van der Waals surface area contributed by atoms with E-state index < -0.39 is 0 Å². The summed E-state index contributed by atoms with van der Waals surface area (Å²) in [5.74, 6) is 0.954. The van der Waals surface area contributed by atoms with Crippen molar-refractivity contribution >= 4 is 28.3 Å². The predicted molar refractivity (Wildman–Crippen MR) is 82.4 cm³/mol. The number of thiocarbonyl (C=S) groups is 1. The lowest BCUT2D eigenvalue weighted by Crippen LogP contribution is -2.39. The summed E-state index contributed by atoms with van der Waals surface area (Å²) in [6, 6.07) is 11.4. The van der Waals surface area contributed by atoms with Gasteiger partial charge in [-0.3, -0.25) is 0 Å². The number of nitrogens with zero attached hydrogens (tertiary/aromatic N) is 1. The number of thioether (sulfide) groups is 1. The molecule has 0 aliphatic carbocycles. The fraction of sp³-hybridized carbons (Fsp3) is 0.500. The van der Waals surface area contributed by atoms with Crippen LogP contribution in [0.2, 0.25) is 0 Å². The topological polar surface area (TPSA) is 3.24 Å². The van der Waals surface area contributed by atoms with Crippen LogP contribution in [-0.2, 0) is 5.75 Å². The van der Waals surface area contributed by atoms with Gasteiger partial charge in [0.2, 0.25) is 0 Å². The van der Waals surface area contributed by atoms with E-state index in [1.165, 1.54) is 5.56 Å². The second-order valence-electron chi connectivity index (χ2n) is 4.63. The Balaban J connectivity index is 2.54. The Bertz CT molecular complexity index is 338. The highest BCUT2D eigenvalue weighted by atomic mass is 32.2. The van der Waals surface area contributed by atoms with Crippen molar-refractivity contribution in [2.45, 2.75) is 45.5 Å². The molecule has 0 heterocycles. The van der Waals surface area contributed by atoms with Crippen LogP contribution in [0, 0.1) is 0 Å². The fourth-order valence-corrected chi connectivity index (χ4v) is 3.46. The number of hydrogen-bond donors (Lipinski definition) is 0. The number of hydrogen-bond acceptors (Lipinski definition) is 2. The lowest BCUT2D eigenvalue weighted by atomic mass is 10.2. The van der Waals surface area contributed by atoms with E-state index in [1.54, 1.807) is 11.8 Å². The van der Waals surface area contributed by atoms with Gasteiger partial charge < -0.3 is 4.90 Å². The van der Waals surface area contributed by atoms with E-state index in [0.29, 0.717) is 12.1 Å². The lowest BCUT2D eigenvalue weighted by molar-refractivity contribution is 0.303. The van der Waals surface area contributed by atoms with Gasteiger partial charge in [-0.15, -0.1) is 0 Å². The van der Waals surface area contributed by atoms with Crippen LogP contribution >= 0.6 is 24.0 Å². The minimum absolute atomic E-state index is 0.464. The second-order valence-corrected chi connectivity index (χ2v) is 6.24. The highest BCUT2D eigenvalue weighted by molar-refractivity contribution is 8.22. The average molecular weight is 267 g/mol. The molecule has 1 aromatic rings. The van der Waals surface area contributed by atoms with Crippen LogP contribution in [0.15, 0.2) is 30.3 Å². The lowest BCUT2D eigenvalue weighted by Gasteiger charge is -2.32. The predicted octanol–water partition coefficient (Wildman–Crippen LogP) is 4.32. The smallest absolute Gasteiger partial charge is 0.137 e.